The number of ether oxygens (including phenoxy) is 1. The van der Waals surface area contributed by atoms with Gasteiger partial charge in [0.2, 0.25) is 5.91 Å². The van der Waals surface area contributed by atoms with E-state index in [2.05, 4.69) is 4.99 Å². The smallest absolute Gasteiger partial charge is 0.325 e. The molecule has 0 radical (unpaired) electrons. The number of nitrogens with zero attached hydrogens (tertiary/aromatic N) is 3. The third-order valence-electron chi connectivity index (χ3n) is 3.94. The number of hydrogen-bond donors (Lipinski definition) is 0. The van der Waals surface area contributed by atoms with Gasteiger partial charge in [-0.25, -0.2) is 0 Å². The summed E-state index contributed by atoms with van der Waals surface area (Å²) in [7, 11) is 1.27. The number of benzene rings is 2. The Balaban J connectivity index is 1.86. The zero-order chi connectivity index (χ0) is 20.8. The molecule has 1 amide bonds. The standard InChI is InChI=1S/C19H17N3O5S2/c1-27-18(24)12-21-15-8-7-13(22(25)26)11-16(15)29-19(21)20-17(23)9-10-28-14-5-3-2-4-6-14/h2-8,11H,9-10,12H2,1H3. The molecule has 29 heavy (non-hydrogen) atoms. The Labute approximate surface area is 174 Å². The summed E-state index contributed by atoms with van der Waals surface area (Å²) in [6.07, 6.45) is 0.228. The summed E-state index contributed by atoms with van der Waals surface area (Å²) < 4.78 is 6.82. The van der Waals surface area contributed by atoms with Crippen molar-refractivity contribution in [3.05, 3.63) is 63.4 Å². The number of carbonyl (C=O) groups is 2. The molecule has 10 heteroatoms. The molecule has 0 saturated heterocycles. The SMILES string of the molecule is COC(=O)Cn1c(=NC(=O)CCSc2ccccc2)sc2cc([N+](=O)[O-])ccc21. The van der Waals surface area contributed by atoms with Crippen molar-refractivity contribution in [1.82, 2.24) is 4.57 Å². The van der Waals surface area contributed by atoms with Gasteiger partial charge in [0.1, 0.15) is 6.54 Å². The minimum atomic E-state index is -0.503. The van der Waals surface area contributed by atoms with Gasteiger partial charge in [0.15, 0.2) is 4.80 Å². The fourth-order valence-corrected chi connectivity index (χ4v) is 4.48. The Morgan fingerprint density at radius 3 is 2.69 bits per heavy atom. The van der Waals surface area contributed by atoms with Gasteiger partial charge in [-0.3, -0.25) is 19.7 Å². The second-order valence-electron chi connectivity index (χ2n) is 5.87. The van der Waals surface area contributed by atoms with Gasteiger partial charge < -0.3 is 9.30 Å². The average Bonchev–Trinajstić information content (AvgIpc) is 3.04. The lowest BCUT2D eigenvalue weighted by Gasteiger charge is -2.03. The first-order valence-corrected chi connectivity index (χ1v) is 10.4. The third-order valence-corrected chi connectivity index (χ3v) is 6.00. The molecule has 0 fully saturated rings. The van der Waals surface area contributed by atoms with E-state index in [-0.39, 0.29) is 24.6 Å². The van der Waals surface area contributed by atoms with E-state index >= 15 is 0 Å². The van der Waals surface area contributed by atoms with Gasteiger partial charge in [-0.15, -0.1) is 11.8 Å². The van der Waals surface area contributed by atoms with Crippen molar-refractivity contribution in [3.63, 3.8) is 0 Å². The van der Waals surface area contributed by atoms with Crippen LogP contribution in [0.4, 0.5) is 5.69 Å². The second kappa shape index (κ2) is 9.48. The van der Waals surface area contributed by atoms with E-state index in [0.29, 0.717) is 20.8 Å². The molecule has 0 aliphatic rings. The van der Waals surface area contributed by atoms with E-state index < -0.39 is 10.9 Å². The number of hydrogen-bond acceptors (Lipinski definition) is 7. The van der Waals surface area contributed by atoms with Crippen LogP contribution < -0.4 is 4.80 Å². The van der Waals surface area contributed by atoms with Crippen LogP contribution >= 0.6 is 23.1 Å². The number of amides is 1. The summed E-state index contributed by atoms with van der Waals surface area (Å²) in [6.45, 7) is -0.140. The monoisotopic (exact) mass is 431 g/mol. The number of aromatic nitrogens is 1. The highest BCUT2D eigenvalue weighted by Crippen LogP contribution is 2.23. The fourth-order valence-electron chi connectivity index (χ4n) is 2.54. The Morgan fingerprint density at radius 2 is 2.00 bits per heavy atom. The zero-order valence-electron chi connectivity index (χ0n) is 15.4. The number of thioether (sulfide) groups is 1. The average molecular weight is 431 g/mol. The number of methoxy groups -OCH3 is 1. The molecule has 3 rings (SSSR count). The lowest BCUT2D eigenvalue weighted by Crippen LogP contribution is -2.22. The quantitative estimate of drug-likeness (QED) is 0.246. The first kappa shape index (κ1) is 20.7. The lowest BCUT2D eigenvalue weighted by atomic mass is 10.3. The predicted octanol–water partition coefficient (Wildman–Crippen LogP) is 3.39. The van der Waals surface area contributed by atoms with Gasteiger partial charge in [0.25, 0.3) is 5.69 Å². The highest BCUT2D eigenvalue weighted by atomic mass is 32.2. The number of nitro groups is 1. The fraction of sp³-hybridized carbons (Fsp3) is 0.211. The van der Waals surface area contributed by atoms with Crippen molar-refractivity contribution in [2.75, 3.05) is 12.9 Å². The van der Waals surface area contributed by atoms with Crippen LogP contribution in [0.3, 0.4) is 0 Å². The van der Waals surface area contributed by atoms with Crippen molar-refractivity contribution >= 4 is 50.9 Å². The highest BCUT2D eigenvalue weighted by molar-refractivity contribution is 7.99. The number of esters is 1. The van der Waals surface area contributed by atoms with E-state index in [9.17, 15) is 19.7 Å². The summed E-state index contributed by atoms with van der Waals surface area (Å²) in [5.74, 6) is -0.260. The number of rotatable bonds is 7. The summed E-state index contributed by atoms with van der Waals surface area (Å²) in [6, 6.07) is 14.0. The van der Waals surface area contributed by atoms with Gasteiger partial charge in [0.05, 0.1) is 22.2 Å². The molecule has 8 nitrogen and oxygen atoms in total. The minimum Gasteiger partial charge on any atom is -0.468 e. The molecular weight excluding hydrogens is 414 g/mol. The summed E-state index contributed by atoms with van der Waals surface area (Å²) in [4.78, 5) is 40.2. The normalized spacial score (nSPS) is 11.6. The largest absolute Gasteiger partial charge is 0.468 e. The first-order chi connectivity index (χ1) is 14.0. The summed E-state index contributed by atoms with van der Waals surface area (Å²) in [5, 5.41) is 11.0. The van der Waals surface area contributed by atoms with Gasteiger partial charge in [-0.2, -0.15) is 4.99 Å². The molecule has 0 unspecified atom stereocenters. The molecule has 2 aromatic carbocycles. The van der Waals surface area contributed by atoms with Crippen LogP contribution in [0.1, 0.15) is 6.42 Å². The van der Waals surface area contributed by atoms with Crippen molar-refractivity contribution < 1.29 is 19.2 Å². The molecule has 0 N–H and O–H groups in total. The molecule has 1 heterocycles. The number of fused-ring (bicyclic) bond motifs is 1. The topological polar surface area (TPSA) is 104 Å². The number of non-ortho nitro benzene ring substituents is 1. The Morgan fingerprint density at radius 1 is 1.24 bits per heavy atom. The molecule has 0 saturated carbocycles. The van der Waals surface area contributed by atoms with Crippen LogP contribution in [0.5, 0.6) is 0 Å². The van der Waals surface area contributed by atoms with Crippen molar-refractivity contribution in [3.8, 4) is 0 Å². The van der Waals surface area contributed by atoms with E-state index in [1.807, 2.05) is 30.3 Å². The Bertz CT molecular complexity index is 1120. The molecule has 0 aliphatic carbocycles. The second-order valence-corrected chi connectivity index (χ2v) is 8.05. The predicted molar refractivity (Wildman–Crippen MR) is 111 cm³/mol. The molecular formula is C19H17N3O5S2. The minimum absolute atomic E-state index is 0.0684. The number of carbonyl (C=O) groups excluding carboxylic acids is 2. The molecule has 0 bridgehead atoms. The van der Waals surface area contributed by atoms with Gasteiger partial charge >= 0.3 is 5.97 Å². The lowest BCUT2D eigenvalue weighted by molar-refractivity contribution is -0.384. The van der Waals surface area contributed by atoms with Crippen molar-refractivity contribution in [1.29, 1.82) is 0 Å². The third kappa shape index (κ3) is 5.30. The maximum Gasteiger partial charge on any atom is 0.325 e. The van der Waals surface area contributed by atoms with E-state index in [1.165, 1.54) is 23.8 Å². The molecule has 150 valence electrons. The van der Waals surface area contributed by atoms with Crippen molar-refractivity contribution in [2.45, 2.75) is 17.9 Å². The van der Waals surface area contributed by atoms with Crippen LogP contribution in [0.25, 0.3) is 10.2 Å². The summed E-state index contributed by atoms with van der Waals surface area (Å²) in [5.41, 5.74) is 0.511. The van der Waals surface area contributed by atoms with Crippen LogP contribution in [-0.4, -0.2) is 34.2 Å². The molecule has 3 aromatic rings. The van der Waals surface area contributed by atoms with Gasteiger partial charge in [0, 0.05) is 29.2 Å². The molecule has 1 aromatic heterocycles. The number of nitro benzene ring substituents is 1. The first-order valence-electron chi connectivity index (χ1n) is 8.58. The number of thiazole rings is 1. The Kier molecular flexibility index (Phi) is 6.78. The van der Waals surface area contributed by atoms with Crippen LogP contribution in [0, 0.1) is 10.1 Å². The maximum atomic E-state index is 12.4. The molecule has 0 spiro atoms. The van der Waals surface area contributed by atoms with E-state index in [1.54, 1.807) is 17.8 Å². The van der Waals surface area contributed by atoms with E-state index in [4.69, 9.17) is 4.74 Å². The zero-order valence-corrected chi connectivity index (χ0v) is 17.1. The van der Waals surface area contributed by atoms with Crippen LogP contribution in [0.15, 0.2) is 58.4 Å². The molecule has 0 atom stereocenters. The van der Waals surface area contributed by atoms with E-state index in [0.717, 1.165) is 16.2 Å². The highest BCUT2D eigenvalue weighted by Gasteiger charge is 2.15. The maximum absolute atomic E-state index is 12.4. The van der Waals surface area contributed by atoms with Crippen LogP contribution in [0.2, 0.25) is 0 Å². The van der Waals surface area contributed by atoms with Crippen LogP contribution in [-0.2, 0) is 20.9 Å². The van der Waals surface area contributed by atoms with Gasteiger partial charge in [-0.1, -0.05) is 29.5 Å². The van der Waals surface area contributed by atoms with Crippen molar-refractivity contribution in [2.24, 2.45) is 4.99 Å². The molecule has 0 aliphatic heterocycles. The van der Waals surface area contributed by atoms with Gasteiger partial charge in [-0.05, 0) is 18.2 Å². The Hall–Kier alpha value is -2.98. The summed E-state index contributed by atoms with van der Waals surface area (Å²) >= 11 is 2.68.